The molecule has 37 heavy (non-hydrogen) atoms. The summed E-state index contributed by atoms with van der Waals surface area (Å²) in [6.45, 7) is 0.515. The van der Waals surface area contributed by atoms with Gasteiger partial charge in [-0.15, -0.1) is 0 Å². The number of anilines is 1. The van der Waals surface area contributed by atoms with E-state index in [-0.39, 0.29) is 17.9 Å². The molecule has 2 amide bonds. The molecule has 190 valence electrons. The zero-order valence-corrected chi connectivity index (χ0v) is 20.6. The van der Waals surface area contributed by atoms with Crippen molar-refractivity contribution in [2.45, 2.75) is 31.4 Å². The molecule has 0 bridgehead atoms. The number of carbonyl (C=O) groups is 2. The molecule has 4 aromatic rings. The number of hydrogen-bond donors (Lipinski definition) is 1. The third-order valence-corrected chi connectivity index (χ3v) is 6.61. The number of pyridine rings is 1. The van der Waals surface area contributed by atoms with Crippen molar-refractivity contribution < 1.29 is 18.4 Å². The number of benzene rings is 2. The highest BCUT2D eigenvalue weighted by Gasteiger charge is 2.45. The van der Waals surface area contributed by atoms with Gasteiger partial charge in [0.1, 0.15) is 0 Å². The lowest BCUT2D eigenvalue weighted by Gasteiger charge is -2.30. The highest BCUT2D eigenvalue weighted by atomic mass is 35.5. The standard InChI is InChI=1S/C26H22ClF2N5O3/c1-26(28,29)25(37)31-20-12-23(36)33(24(20)15-4-3-5-17(27)10-15)18-6-8-21-16(11-18)13-30-34(21)19-7-9-22(35)32(2)14-19/h3-11,13-14,20,24H,12H2,1-2H3,(H,31,37)/t20-,24+/m0/s1. The summed E-state index contributed by atoms with van der Waals surface area (Å²) >= 11 is 6.20. The van der Waals surface area contributed by atoms with Crippen LogP contribution in [0.25, 0.3) is 16.6 Å². The Kier molecular flexibility index (Phi) is 6.07. The zero-order chi connectivity index (χ0) is 26.5. The summed E-state index contributed by atoms with van der Waals surface area (Å²) < 4.78 is 30.5. The van der Waals surface area contributed by atoms with E-state index in [1.807, 2.05) is 0 Å². The third-order valence-electron chi connectivity index (χ3n) is 6.37. The van der Waals surface area contributed by atoms with Crippen LogP contribution in [0.2, 0.25) is 5.02 Å². The van der Waals surface area contributed by atoms with E-state index in [4.69, 9.17) is 11.6 Å². The Balaban J connectivity index is 1.56. The minimum absolute atomic E-state index is 0.149. The normalized spacial score (nSPS) is 18.0. The van der Waals surface area contributed by atoms with E-state index >= 15 is 0 Å². The van der Waals surface area contributed by atoms with Gasteiger partial charge in [0, 0.05) is 48.8 Å². The fourth-order valence-electron chi connectivity index (χ4n) is 4.62. The average molecular weight is 526 g/mol. The number of fused-ring (bicyclic) bond motifs is 1. The van der Waals surface area contributed by atoms with Crippen LogP contribution in [0.5, 0.6) is 0 Å². The second-order valence-corrected chi connectivity index (χ2v) is 9.51. The molecular weight excluding hydrogens is 504 g/mol. The molecule has 5 rings (SSSR count). The van der Waals surface area contributed by atoms with Gasteiger partial charge < -0.3 is 14.8 Å². The second-order valence-electron chi connectivity index (χ2n) is 9.07. The van der Waals surface area contributed by atoms with Gasteiger partial charge in [0.15, 0.2) is 0 Å². The number of nitrogens with one attached hydrogen (secondary N) is 1. The van der Waals surface area contributed by atoms with E-state index in [0.29, 0.717) is 28.9 Å². The lowest BCUT2D eigenvalue weighted by Crippen LogP contribution is -2.46. The molecular formula is C26H22ClF2N5O3. The average Bonchev–Trinajstić information content (AvgIpc) is 3.40. The Hall–Kier alpha value is -4.05. The summed E-state index contributed by atoms with van der Waals surface area (Å²) in [4.78, 5) is 38.6. The second kappa shape index (κ2) is 9.11. The van der Waals surface area contributed by atoms with Gasteiger partial charge in [-0.05, 0) is 42.0 Å². The number of carbonyl (C=O) groups excluding carboxylic acids is 2. The summed E-state index contributed by atoms with van der Waals surface area (Å²) in [7, 11) is 1.65. The first-order valence-corrected chi connectivity index (χ1v) is 11.8. The number of halogens is 3. The van der Waals surface area contributed by atoms with E-state index in [2.05, 4.69) is 10.4 Å². The molecule has 3 heterocycles. The number of nitrogens with zero attached hydrogens (tertiary/aromatic N) is 4. The molecule has 1 fully saturated rings. The Morgan fingerprint density at radius 3 is 2.57 bits per heavy atom. The van der Waals surface area contributed by atoms with Gasteiger partial charge in [-0.2, -0.15) is 13.9 Å². The summed E-state index contributed by atoms with van der Waals surface area (Å²) in [5.74, 6) is -5.38. The molecule has 2 aromatic heterocycles. The van der Waals surface area contributed by atoms with Gasteiger partial charge in [-0.1, -0.05) is 23.7 Å². The van der Waals surface area contributed by atoms with Crippen LogP contribution < -0.4 is 15.8 Å². The fraction of sp³-hybridized carbons (Fsp3) is 0.231. The Morgan fingerprint density at radius 1 is 1.11 bits per heavy atom. The maximum absolute atomic E-state index is 13.7. The Morgan fingerprint density at radius 2 is 1.86 bits per heavy atom. The molecule has 1 N–H and O–H groups in total. The van der Waals surface area contributed by atoms with E-state index in [9.17, 15) is 23.2 Å². The van der Waals surface area contributed by atoms with Gasteiger partial charge in [0.2, 0.25) is 11.5 Å². The molecule has 0 saturated carbocycles. The van der Waals surface area contributed by atoms with Gasteiger partial charge in [0.05, 0.1) is 29.5 Å². The number of hydrogen-bond acceptors (Lipinski definition) is 4. The molecule has 0 aliphatic carbocycles. The van der Waals surface area contributed by atoms with Crippen LogP contribution in [0.4, 0.5) is 14.5 Å². The van der Waals surface area contributed by atoms with E-state index in [0.717, 1.165) is 10.9 Å². The number of amides is 2. The van der Waals surface area contributed by atoms with Crippen LogP contribution in [0, 0.1) is 0 Å². The van der Waals surface area contributed by atoms with Gasteiger partial charge >= 0.3 is 5.92 Å². The van der Waals surface area contributed by atoms with Gasteiger partial charge in [-0.25, -0.2) is 4.68 Å². The van der Waals surface area contributed by atoms with Crippen LogP contribution in [-0.4, -0.2) is 38.1 Å². The quantitative estimate of drug-likeness (QED) is 0.426. The number of alkyl halides is 2. The van der Waals surface area contributed by atoms with E-state index in [1.54, 1.807) is 72.7 Å². The topological polar surface area (TPSA) is 89.2 Å². The van der Waals surface area contributed by atoms with Crippen molar-refractivity contribution >= 4 is 40.0 Å². The van der Waals surface area contributed by atoms with Crippen molar-refractivity contribution in [3.8, 4) is 5.69 Å². The molecule has 2 atom stereocenters. The van der Waals surface area contributed by atoms with Crippen LogP contribution >= 0.6 is 11.6 Å². The van der Waals surface area contributed by atoms with Crippen molar-refractivity contribution in [2.75, 3.05) is 4.90 Å². The maximum atomic E-state index is 13.7. The summed E-state index contributed by atoms with van der Waals surface area (Å²) in [6, 6.07) is 13.5. The number of aryl methyl sites for hydroxylation is 1. The van der Waals surface area contributed by atoms with Crippen molar-refractivity contribution in [2.24, 2.45) is 7.05 Å². The minimum atomic E-state index is -3.59. The van der Waals surface area contributed by atoms with E-state index in [1.165, 1.54) is 15.5 Å². The lowest BCUT2D eigenvalue weighted by molar-refractivity contribution is -0.143. The fourth-order valence-corrected chi connectivity index (χ4v) is 4.81. The SMILES string of the molecule is Cn1cc(-n2ncc3cc(N4C(=O)C[C@H](NC(=O)C(C)(F)F)[C@H]4c4cccc(Cl)c4)ccc32)ccc1=O. The summed E-state index contributed by atoms with van der Waals surface area (Å²) in [5, 5.41) is 7.92. The van der Waals surface area contributed by atoms with Crippen molar-refractivity contribution in [3.05, 3.63) is 87.9 Å². The minimum Gasteiger partial charge on any atom is -0.345 e. The first-order valence-electron chi connectivity index (χ1n) is 11.4. The molecule has 2 aromatic carbocycles. The summed E-state index contributed by atoms with van der Waals surface area (Å²) in [6.07, 6.45) is 3.14. The zero-order valence-electron chi connectivity index (χ0n) is 19.9. The van der Waals surface area contributed by atoms with Crippen LogP contribution in [0.15, 0.2) is 71.8 Å². The highest BCUT2D eigenvalue weighted by molar-refractivity contribution is 6.30. The van der Waals surface area contributed by atoms with Crippen molar-refractivity contribution in [1.29, 1.82) is 0 Å². The van der Waals surface area contributed by atoms with Gasteiger partial charge in [-0.3, -0.25) is 14.4 Å². The van der Waals surface area contributed by atoms with Crippen molar-refractivity contribution in [1.82, 2.24) is 19.7 Å². The first-order chi connectivity index (χ1) is 17.5. The molecule has 0 unspecified atom stereocenters. The number of aromatic nitrogens is 3. The number of rotatable bonds is 5. The van der Waals surface area contributed by atoms with Crippen LogP contribution in [-0.2, 0) is 16.6 Å². The van der Waals surface area contributed by atoms with E-state index < -0.39 is 23.9 Å². The van der Waals surface area contributed by atoms with Gasteiger partial charge in [0.25, 0.3) is 5.91 Å². The summed E-state index contributed by atoms with van der Waals surface area (Å²) in [5.41, 5.74) is 2.39. The molecule has 1 saturated heterocycles. The monoisotopic (exact) mass is 525 g/mol. The molecule has 11 heteroatoms. The molecule has 0 spiro atoms. The molecule has 1 aliphatic rings. The molecule has 1 aliphatic heterocycles. The smallest absolute Gasteiger partial charge is 0.321 e. The third kappa shape index (κ3) is 4.60. The Labute approximate surface area is 215 Å². The highest BCUT2D eigenvalue weighted by Crippen LogP contribution is 2.39. The lowest BCUT2D eigenvalue weighted by atomic mass is 9.99. The predicted octanol–water partition coefficient (Wildman–Crippen LogP) is 4.00. The van der Waals surface area contributed by atoms with Crippen molar-refractivity contribution in [3.63, 3.8) is 0 Å². The molecule has 8 nitrogen and oxygen atoms in total. The predicted molar refractivity (Wildman–Crippen MR) is 135 cm³/mol. The maximum Gasteiger partial charge on any atom is 0.321 e. The Bertz CT molecular complexity index is 1590. The van der Waals surface area contributed by atoms with Crippen LogP contribution in [0.1, 0.15) is 24.9 Å². The van der Waals surface area contributed by atoms with Crippen LogP contribution in [0.3, 0.4) is 0 Å². The largest absolute Gasteiger partial charge is 0.345 e. The first kappa shape index (κ1) is 24.6. The molecule has 0 radical (unpaired) electrons.